The molecule has 100 valence electrons. The van der Waals surface area contributed by atoms with E-state index in [0.717, 1.165) is 6.54 Å². The second kappa shape index (κ2) is 6.35. The monoisotopic (exact) mass is 246 g/mol. The van der Waals surface area contributed by atoms with E-state index in [1.807, 2.05) is 0 Å². The smallest absolute Gasteiger partial charge is 0.0320 e. The lowest BCUT2D eigenvalue weighted by Crippen LogP contribution is -2.38. The topological polar surface area (TPSA) is 15.3 Å². The van der Waals surface area contributed by atoms with Gasteiger partial charge in [0, 0.05) is 18.6 Å². The molecule has 1 aromatic rings. The fraction of sp³-hybridized carbons (Fsp3) is 0.625. The van der Waals surface area contributed by atoms with Crippen LogP contribution in [0.2, 0.25) is 0 Å². The van der Waals surface area contributed by atoms with E-state index < -0.39 is 0 Å². The van der Waals surface area contributed by atoms with Crippen molar-refractivity contribution in [1.29, 1.82) is 0 Å². The largest absolute Gasteiger partial charge is 0.313 e. The van der Waals surface area contributed by atoms with Crippen molar-refractivity contribution < 1.29 is 0 Å². The van der Waals surface area contributed by atoms with Crippen LogP contribution < -0.4 is 5.32 Å². The molecule has 1 aliphatic rings. The first kappa shape index (κ1) is 13.6. The lowest BCUT2D eigenvalue weighted by atomic mass is 10.0. The Morgan fingerprint density at radius 3 is 2.61 bits per heavy atom. The Bertz CT molecular complexity index is 352. The van der Waals surface area contributed by atoms with Gasteiger partial charge in [-0.05, 0) is 45.3 Å². The average molecular weight is 246 g/mol. The van der Waals surface area contributed by atoms with Gasteiger partial charge in [-0.25, -0.2) is 0 Å². The Labute approximate surface area is 111 Å². The molecule has 18 heavy (non-hydrogen) atoms. The van der Waals surface area contributed by atoms with Gasteiger partial charge in [0.2, 0.25) is 0 Å². The normalized spacial score (nSPS) is 21.4. The van der Waals surface area contributed by atoms with Crippen LogP contribution in [0, 0.1) is 6.92 Å². The van der Waals surface area contributed by atoms with E-state index in [2.05, 4.69) is 55.3 Å². The first-order valence-electron chi connectivity index (χ1n) is 7.24. The Hall–Kier alpha value is -0.860. The number of hydrogen-bond acceptors (Lipinski definition) is 2. The lowest BCUT2D eigenvalue weighted by molar-refractivity contribution is 0.202. The standard InChI is InChI=1S/C16H26N2/c1-4-18(12-16-6-5-11-17-16)14(3)15-9-7-13(2)8-10-15/h7-10,14,16-17H,4-6,11-12H2,1-3H3. The van der Waals surface area contributed by atoms with Crippen LogP contribution in [0.25, 0.3) is 0 Å². The highest BCUT2D eigenvalue weighted by Crippen LogP contribution is 2.21. The third-order valence-electron chi connectivity index (χ3n) is 4.13. The maximum absolute atomic E-state index is 3.60. The minimum Gasteiger partial charge on any atom is -0.313 e. The van der Waals surface area contributed by atoms with Gasteiger partial charge in [-0.1, -0.05) is 36.8 Å². The molecule has 1 saturated heterocycles. The van der Waals surface area contributed by atoms with Crippen LogP contribution >= 0.6 is 0 Å². The van der Waals surface area contributed by atoms with Crippen LogP contribution in [0.15, 0.2) is 24.3 Å². The summed E-state index contributed by atoms with van der Waals surface area (Å²) < 4.78 is 0. The van der Waals surface area contributed by atoms with Crippen molar-refractivity contribution in [3.05, 3.63) is 35.4 Å². The minimum atomic E-state index is 0.512. The quantitative estimate of drug-likeness (QED) is 0.858. The van der Waals surface area contributed by atoms with Crippen molar-refractivity contribution in [2.75, 3.05) is 19.6 Å². The molecule has 1 aliphatic heterocycles. The summed E-state index contributed by atoms with van der Waals surface area (Å²) in [6.45, 7) is 10.2. The Morgan fingerprint density at radius 2 is 2.06 bits per heavy atom. The zero-order valence-electron chi connectivity index (χ0n) is 11.9. The van der Waals surface area contributed by atoms with Crippen LogP contribution in [0.3, 0.4) is 0 Å². The van der Waals surface area contributed by atoms with E-state index in [4.69, 9.17) is 0 Å². The number of aryl methyl sites for hydroxylation is 1. The molecule has 1 aromatic carbocycles. The summed E-state index contributed by atoms with van der Waals surface area (Å²) in [7, 11) is 0. The van der Waals surface area contributed by atoms with Gasteiger partial charge in [0.15, 0.2) is 0 Å². The number of rotatable bonds is 5. The molecule has 2 rings (SSSR count). The highest BCUT2D eigenvalue weighted by Gasteiger charge is 2.20. The molecule has 1 N–H and O–H groups in total. The van der Waals surface area contributed by atoms with Gasteiger partial charge in [-0.15, -0.1) is 0 Å². The molecule has 2 heteroatoms. The summed E-state index contributed by atoms with van der Waals surface area (Å²) in [6.07, 6.45) is 2.66. The van der Waals surface area contributed by atoms with Crippen molar-refractivity contribution in [2.24, 2.45) is 0 Å². The van der Waals surface area contributed by atoms with Gasteiger partial charge in [-0.2, -0.15) is 0 Å². The molecular weight excluding hydrogens is 220 g/mol. The van der Waals surface area contributed by atoms with Gasteiger partial charge in [-0.3, -0.25) is 4.90 Å². The molecule has 0 aromatic heterocycles. The first-order chi connectivity index (χ1) is 8.70. The molecule has 0 saturated carbocycles. The maximum Gasteiger partial charge on any atom is 0.0320 e. The summed E-state index contributed by atoms with van der Waals surface area (Å²) in [4.78, 5) is 2.58. The van der Waals surface area contributed by atoms with Crippen LogP contribution in [-0.2, 0) is 0 Å². The minimum absolute atomic E-state index is 0.512. The van der Waals surface area contributed by atoms with E-state index in [9.17, 15) is 0 Å². The molecule has 0 bridgehead atoms. The number of benzene rings is 1. The van der Waals surface area contributed by atoms with Gasteiger partial charge in [0.25, 0.3) is 0 Å². The Kier molecular flexibility index (Phi) is 4.79. The van der Waals surface area contributed by atoms with Gasteiger partial charge in [0.05, 0.1) is 0 Å². The van der Waals surface area contributed by atoms with Gasteiger partial charge in [0.1, 0.15) is 0 Å². The number of likely N-dealkylation sites (N-methyl/N-ethyl adjacent to an activating group) is 1. The number of nitrogens with one attached hydrogen (secondary N) is 1. The molecule has 0 radical (unpaired) electrons. The zero-order valence-corrected chi connectivity index (χ0v) is 11.9. The predicted octanol–water partition coefficient (Wildman–Crippen LogP) is 3.13. The summed E-state index contributed by atoms with van der Waals surface area (Å²) in [5.41, 5.74) is 2.77. The molecule has 2 nitrogen and oxygen atoms in total. The van der Waals surface area contributed by atoms with E-state index in [-0.39, 0.29) is 0 Å². The van der Waals surface area contributed by atoms with Crippen LogP contribution in [0.1, 0.15) is 43.9 Å². The lowest BCUT2D eigenvalue weighted by Gasteiger charge is -2.30. The summed E-state index contributed by atoms with van der Waals surface area (Å²) >= 11 is 0. The number of hydrogen-bond donors (Lipinski definition) is 1. The third kappa shape index (κ3) is 3.33. The number of nitrogens with zero attached hydrogens (tertiary/aromatic N) is 1. The highest BCUT2D eigenvalue weighted by atomic mass is 15.2. The Balaban J connectivity index is 1.99. The van der Waals surface area contributed by atoms with E-state index in [1.165, 1.54) is 37.1 Å². The second-order valence-electron chi connectivity index (χ2n) is 5.47. The van der Waals surface area contributed by atoms with Gasteiger partial charge >= 0.3 is 0 Å². The van der Waals surface area contributed by atoms with E-state index in [1.54, 1.807) is 0 Å². The van der Waals surface area contributed by atoms with Crippen LogP contribution in [0.5, 0.6) is 0 Å². The summed E-state index contributed by atoms with van der Waals surface area (Å²) in [5.74, 6) is 0. The molecule has 0 spiro atoms. The molecule has 2 unspecified atom stereocenters. The van der Waals surface area contributed by atoms with Crippen LogP contribution in [0.4, 0.5) is 0 Å². The van der Waals surface area contributed by atoms with Crippen molar-refractivity contribution in [3.63, 3.8) is 0 Å². The fourth-order valence-electron chi connectivity index (χ4n) is 2.81. The highest BCUT2D eigenvalue weighted by molar-refractivity contribution is 5.23. The average Bonchev–Trinajstić information content (AvgIpc) is 2.89. The van der Waals surface area contributed by atoms with Crippen molar-refractivity contribution in [1.82, 2.24) is 10.2 Å². The summed E-state index contributed by atoms with van der Waals surface area (Å²) in [5, 5.41) is 3.60. The predicted molar refractivity (Wildman–Crippen MR) is 77.9 cm³/mol. The molecule has 1 fully saturated rings. The molecule has 2 atom stereocenters. The molecular formula is C16H26N2. The van der Waals surface area contributed by atoms with Crippen molar-refractivity contribution in [2.45, 2.75) is 45.7 Å². The first-order valence-corrected chi connectivity index (χ1v) is 7.24. The fourth-order valence-corrected chi connectivity index (χ4v) is 2.81. The Morgan fingerprint density at radius 1 is 1.33 bits per heavy atom. The van der Waals surface area contributed by atoms with Gasteiger partial charge < -0.3 is 5.32 Å². The van der Waals surface area contributed by atoms with E-state index in [0.29, 0.717) is 12.1 Å². The third-order valence-corrected chi connectivity index (χ3v) is 4.13. The van der Waals surface area contributed by atoms with E-state index >= 15 is 0 Å². The molecule has 1 heterocycles. The summed E-state index contributed by atoms with van der Waals surface area (Å²) in [6, 6.07) is 10.2. The van der Waals surface area contributed by atoms with Crippen LogP contribution in [-0.4, -0.2) is 30.6 Å². The SMILES string of the molecule is CCN(CC1CCCN1)C(C)c1ccc(C)cc1. The zero-order chi connectivity index (χ0) is 13.0. The van der Waals surface area contributed by atoms with Crippen molar-refractivity contribution in [3.8, 4) is 0 Å². The second-order valence-corrected chi connectivity index (χ2v) is 5.47. The molecule has 0 amide bonds. The molecule has 0 aliphatic carbocycles. The maximum atomic E-state index is 3.60. The van der Waals surface area contributed by atoms with Crippen molar-refractivity contribution >= 4 is 0 Å².